The van der Waals surface area contributed by atoms with E-state index in [0.717, 1.165) is 0 Å². The van der Waals surface area contributed by atoms with Crippen LogP contribution in [0.5, 0.6) is 0 Å². The number of unbranched alkanes of at least 4 members (excludes halogenated alkanes) is 1. The van der Waals surface area contributed by atoms with Gasteiger partial charge in [0, 0.05) is 0 Å². The SMILES string of the molecule is CCCCC1=C(CC)CC(CC)=C1. The lowest BCUT2D eigenvalue weighted by molar-refractivity contribution is 0.789. The second kappa shape index (κ2) is 5.26. The standard InChI is InChI=1S/C13H22/c1-4-7-8-13-10-11(5-2)9-12(13)6-3/h10H,4-9H2,1-3H3. The molecular formula is C13H22. The van der Waals surface area contributed by atoms with Crippen molar-refractivity contribution in [2.45, 2.75) is 59.3 Å². The zero-order chi connectivity index (χ0) is 9.68. The molecule has 0 aromatic carbocycles. The molecule has 13 heavy (non-hydrogen) atoms. The van der Waals surface area contributed by atoms with Crippen molar-refractivity contribution in [3.05, 3.63) is 22.8 Å². The van der Waals surface area contributed by atoms with Gasteiger partial charge in [-0.3, -0.25) is 0 Å². The lowest BCUT2D eigenvalue weighted by atomic mass is 10.0. The summed E-state index contributed by atoms with van der Waals surface area (Å²) in [5.41, 5.74) is 4.99. The Bertz CT molecular complexity index is 218. The molecule has 0 unspecified atom stereocenters. The van der Waals surface area contributed by atoms with E-state index in [1.165, 1.54) is 38.5 Å². The third-order valence-corrected chi connectivity index (χ3v) is 2.95. The molecule has 0 atom stereocenters. The predicted molar refractivity (Wildman–Crippen MR) is 59.8 cm³/mol. The third-order valence-electron chi connectivity index (χ3n) is 2.95. The summed E-state index contributed by atoms with van der Waals surface area (Å²) in [7, 11) is 0. The predicted octanol–water partition coefficient (Wildman–Crippen LogP) is 4.62. The quantitative estimate of drug-likeness (QED) is 0.576. The Labute approximate surface area is 82.7 Å². The lowest BCUT2D eigenvalue weighted by Crippen LogP contribution is -1.83. The topological polar surface area (TPSA) is 0 Å². The first-order valence-corrected chi connectivity index (χ1v) is 5.72. The van der Waals surface area contributed by atoms with E-state index < -0.39 is 0 Å². The molecule has 0 bridgehead atoms. The summed E-state index contributed by atoms with van der Waals surface area (Å²) in [4.78, 5) is 0. The molecule has 74 valence electrons. The third kappa shape index (κ3) is 2.72. The summed E-state index contributed by atoms with van der Waals surface area (Å²) >= 11 is 0. The molecule has 0 saturated heterocycles. The molecule has 0 radical (unpaired) electrons. The van der Waals surface area contributed by atoms with Crippen LogP contribution in [0.2, 0.25) is 0 Å². The highest BCUT2D eigenvalue weighted by molar-refractivity contribution is 5.38. The second-order valence-electron chi connectivity index (χ2n) is 3.92. The van der Waals surface area contributed by atoms with Crippen LogP contribution in [0.15, 0.2) is 22.8 Å². The number of hydrogen-bond donors (Lipinski definition) is 0. The second-order valence-corrected chi connectivity index (χ2v) is 3.92. The minimum absolute atomic E-state index is 1.24. The molecule has 0 aliphatic heterocycles. The molecule has 0 spiro atoms. The van der Waals surface area contributed by atoms with E-state index in [2.05, 4.69) is 26.8 Å². The average molecular weight is 178 g/mol. The van der Waals surface area contributed by atoms with Crippen molar-refractivity contribution >= 4 is 0 Å². The van der Waals surface area contributed by atoms with Gasteiger partial charge in [-0.25, -0.2) is 0 Å². The molecule has 0 heterocycles. The molecule has 0 amide bonds. The van der Waals surface area contributed by atoms with Crippen molar-refractivity contribution in [1.29, 1.82) is 0 Å². The van der Waals surface area contributed by atoms with Crippen LogP contribution in [-0.4, -0.2) is 0 Å². The number of hydrogen-bond acceptors (Lipinski definition) is 0. The first-order valence-electron chi connectivity index (χ1n) is 5.72. The summed E-state index contributed by atoms with van der Waals surface area (Å²) in [6, 6.07) is 0. The summed E-state index contributed by atoms with van der Waals surface area (Å²) in [5.74, 6) is 0. The van der Waals surface area contributed by atoms with Crippen molar-refractivity contribution in [1.82, 2.24) is 0 Å². The van der Waals surface area contributed by atoms with E-state index in [1.807, 2.05) is 0 Å². The largest absolute Gasteiger partial charge is 0.0661 e. The average Bonchev–Trinajstić information content (AvgIpc) is 2.57. The van der Waals surface area contributed by atoms with Gasteiger partial charge in [0.2, 0.25) is 0 Å². The Morgan fingerprint density at radius 2 is 1.92 bits per heavy atom. The minimum atomic E-state index is 1.24. The van der Waals surface area contributed by atoms with Gasteiger partial charge in [-0.15, -0.1) is 0 Å². The van der Waals surface area contributed by atoms with Crippen LogP contribution in [0, 0.1) is 0 Å². The van der Waals surface area contributed by atoms with Gasteiger partial charge in [0.15, 0.2) is 0 Å². The maximum atomic E-state index is 2.45. The van der Waals surface area contributed by atoms with E-state index in [0.29, 0.717) is 0 Å². The van der Waals surface area contributed by atoms with E-state index in [1.54, 1.807) is 16.7 Å². The number of rotatable bonds is 5. The van der Waals surface area contributed by atoms with E-state index in [9.17, 15) is 0 Å². The van der Waals surface area contributed by atoms with E-state index in [4.69, 9.17) is 0 Å². The first-order chi connectivity index (χ1) is 6.31. The van der Waals surface area contributed by atoms with Crippen LogP contribution in [-0.2, 0) is 0 Å². The normalized spacial score (nSPS) is 16.7. The van der Waals surface area contributed by atoms with Gasteiger partial charge >= 0.3 is 0 Å². The van der Waals surface area contributed by atoms with Crippen LogP contribution < -0.4 is 0 Å². The number of allylic oxidation sites excluding steroid dienone is 4. The van der Waals surface area contributed by atoms with Gasteiger partial charge in [-0.2, -0.15) is 0 Å². The molecule has 0 aromatic rings. The Balaban J connectivity index is 2.57. The van der Waals surface area contributed by atoms with Gasteiger partial charge in [0.25, 0.3) is 0 Å². The van der Waals surface area contributed by atoms with Crippen LogP contribution >= 0.6 is 0 Å². The van der Waals surface area contributed by atoms with Crippen LogP contribution in [0.4, 0.5) is 0 Å². The highest BCUT2D eigenvalue weighted by Crippen LogP contribution is 2.31. The van der Waals surface area contributed by atoms with Gasteiger partial charge in [-0.05, 0) is 37.7 Å². The summed E-state index contributed by atoms with van der Waals surface area (Å²) in [6.07, 6.45) is 10.2. The highest BCUT2D eigenvalue weighted by atomic mass is 14.2. The highest BCUT2D eigenvalue weighted by Gasteiger charge is 2.12. The molecule has 1 rings (SSSR count). The fourth-order valence-corrected chi connectivity index (χ4v) is 1.98. The monoisotopic (exact) mass is 178 g/mol. The van der Waals surface area contributed by atoms with Crippen molar-refractivity contribution < 1.29 is 0 Å². The zero-order valence-electron chi connectivity index (χ0n) is 9.32. The molecule has 0 N–H and O–H groups in total. The Morgan fingerprint density at radius 3 is 2.46 bits per heavy atom. The van der Waals surface area contributed by atoms with Gasteiger partial charge < -0.3 is 0 Å². The summed E-state index contributed by atoms with van der Waals surface area (Å²) in [6.45, 7) is 6.82. The zero-order valence-corrected chi connectivity index (χ0v) is 9.32. The van der Waals surface area contributed by atoms with Crippen molar-refractivity contribution in [2.75, 3.05) is 0 Å². The molecule has 0 nitrogen and oxygen atoms in total. The maximum absolute atomic E-state index is 2.45. The van der Waals surface area contributed by atoms with E-state index in [-0.39, 0.29) is 0 Å². The Hall–Kier alpha value is -0.520. The van der Waals surface area contributed by atoms with Crippen LogP contribution in [0.25, 0.3) is 0 Å². The Morgan fingerprint density at radius 1 is 1.15 bits per heavy atom. The molecule has 0 heteroatoms. The molecule has 1 aliphatic carbocycles. The smallest absolute Gasteiger partial charge is 0.00996 e. The van der Waals surface area contributed by atoms with Crippen molar-refractivity contribution in [3.8, 4) is 0 Å². The van der Waals surface area contributed by atoms with Crippen molar-refractivity contribution in [3.63, 3.8) is 0 Å². The molecular weight excluding hydrogens is 156 g/mol. The van der Waals surface area contributed by atoms with Gasteiger partial charge in [0.05, 0.1) is 0 Å². The van der Waals surface area contributed by atoms with Gasteiger partial charge in [-0.1, -0.05) is 44.4 Å². The van der Waals surface area contributed by atoms with Crippen LogP contribution in [0.1, 0.15) is 59.3 Å². The molecule has 1 aliphatic rings. The molecule has 0 saturated carbocycles. The fourth-order valence-electron chi connectivity index (χ4n) is 1.98. The summed E-state index contributed by atoms with van der Waals surface area (Å²) < 4.78 is 0. The minimum Gasteiger partial charge on any atom is -0.0661 e. The van der Waals surface area contributed by atoms with Crippen molar-refractivity contribution in [2.24, 2.45) is 0 Å². The fraction of sp³-hybridized carbons (Fsp3) is 0.692. The van der Waals surface area contributed by atoms with Crippen LogP contribution in [0.3, 0.4) is 0 Å². The lowest BCUT2D eigenvalue weighted by Gasteiger charge is -2.03. The Kier molecular flexibility index (Phi) is 4.27. The van der Waals surface area contributed by atoms with Gasteiger partial charge in [0.1, 0.15) is 0 Å². The maximum Gasteiger partial charge on any atom is -0.00996 e. The van der Waals surface area contributed by atoms with E-state index >= 15 is 0 Å². The first kappa shape index (κ1) is 10.6. The molecule has 0 aromatic heterocycles. The summed E-state index contributed by atoms with van der Waals surface area (Å²) in [5, 5.41) is 0. The molecule has 0 fully saturated rings.